The second kappa shape index (κ2) is 9.09. The predicted molar refractivity (Wildman–Crippen MR) is 106 cm³/mol. The van der Waals surface area contributed by atoms with Crippen LogP contribution in [0.25, 0.3) is 0 Å². The Hall–Kier alpha value is -2.88. The van der Waals surface area contributed by atoms with E-state index in [0.29, 0.717) is 6.54 Å². The number of hydrogen-bond donors (Lipinski definition) is 2. The van der Waals surface area contributed by atoms with Crippen LogP contribution in [0.2, 0.25) is 0 Å². The van der Waals surface area contributed by atoms with Crippen LogP contribution in [-0.4, -0.2) is 50.9 Å². The topological polar surface area (TPSA) is 87.5 Å². The van der Waals surface area contributed by atoms with Crippen molar-refractivity contribution in [2.45, 2.75) is 38.5 Å². The molecular weight excluding hydrogens is 413 g/mol. The number of carboxylic acids is 1. The minimum absolute atomic E-state index is 0.236. The molecule has 2 aliphatic rings. The molecule has 1 aromatic carbocycles. The molecule has 2 aliphatic heterocycles. The van der Waals surface area contributed by atoms with Gasteiger partial charge in [0.2, 0.25) is 5.91 Å². The average Bonchev–Trinajstić information content (AvgIpc) is 3.07. The molecule has 1 fully saturated rings. The summed E-state index contributed by atoms with van der Waals surface area (Å²) in [5.41, 5.74) is 3.60. The fourth-order valence-electron chi connectivity index (χ4n) is 4.06. The minimum Gasteiger partial charge on any atom is -0.475 e. The number of benzene rings is 1. The molecule has 0 aliphatic carbocycles. The largest absolute Gasteiger partial charge is 0.490 e. The Morgan fingerprint density at radius 3 is 2.39 bits per heavy atom. The van der Waals surface area contributed by atoms with Crippen molar-refractivity contribution < 1.29 is 27.9 Å². The minimum atomic E-state index is -5.08. The number of nitrogens with one attached hydrogen (secondary N) is 1. The van der Waals surface area contributed by atoms with Crippen molar-refractivity contribution >= 4 is 11.9 Å². The van der Waals surface area contributed by atoms with Gasteiger partial charge < -0.3 is 10.4 Å². The maximum atomic E-state index is 12.8. The van der Waals surface area contributed by atoms with E-state index in [1.54, 1.807) is 0 Å². The monoisotopic (exact) mass is 438 g/mol. The fourth-order valence-corrected chi connectivity index (χ4v) is 4.06. The zero-order chi connectivity index (χ0) is 22.6. The third kappa shape index (κ3) is 5.63. The molecular formula is C21H25F3N4O3. The number of rotatable bonds is 2. The van der Waals surface area contributed by atoms with Crippen LogP contribution in [0.4, 0.5) is 13.2 Å². The number of likely N-dealkylation sites (tertiary alicyclic amines) is 1. The molecule has 2 N–H and O–H groups in total. The van der Waals surface area contributed by atoms with Crippen molar-refractivity contribution in [3.05, 3.63) is 53.3 Å². The lowest BCUT2D eigenvalue weighted by atomic mass is 9.73. The summed E-state index contributed by atoms with van der Waals surface area (Å²) >= 11 is 0. The van der Waals surface area contributed by atoms with Gasteiger partial charge in [-0.05, 0) is 43.5 Å². The Kier molecular flexibility index (Phi) is 6.68. The number of carboxylic acid groups (broad SMARTS) is 1. The number of hydrogen-bond acceptors (Lipinski definition) is 4. The van der Waals surface area contributed by atoms with E-state index in [0.717, 1.165) is 38.9 Å². The van der Waals surface area contributed by atoms with Crippen molar-refractivity contribution in [3.63, 3.8) is 0 Å². The Bertz CT molecular complexity index is 934. The first-order chi connectivity index (χ1) is 14.6. The highest BCUT2D eigenvalue weighted by Gasteiger charge is 2.43. The zero-order valence-corrected chi connectivity index (χ0v) is 17.2. The highest BCUT2D eigenvalue weighted by Crippen LogP contribution is 2.38. The molecule has 3 heterocycles. The van der Waals surface area contributed by atoms with Gasteiger partial charge in [-0.3, -0.25) is 14.4 Å². The number of alkyl halides is 3. The second-order valence-corrected chi connectivity index (χ2v) is 8.01. The van der Waals surface area contributed by atoms with Crippen molar-refractivity contribution in [1.82, 2.24) is 20.0 Å². The van der Waals surface area contributed by atoms with Crippen molar-refractivity contribution in [1.29, 1.82) is 0 Å². The van der Waals surface area contributed by atoms with E-state index in [-0.39, 0.29) is 11.3 Å². The number of aliphatic carboxylic acids is 1. The van der Waals surface area contributed by atoms with Gasteiger partial charge in [0.25, 0.3) is 0 Å². The molecule has 4 rings (SSSR count). The molecule has 168 valence electrons. The summed E-state index contributed by atoms with van der Waals surface area (Å²) in [6, 6.07) is 8.45. The van der Waals surface area contributed by atoms with E-state index < -0.39 is 12.1 Å². The van der Waals surface area contributed by atoms with Gasteiger partial charge in [0.15, 0.2) is 0 Å². The van der Waals surface area contributed by atoms with Gasteiger partial charge in [0, 0.05) is 31.9 Å². The van der Waals surface area contributed by atoms with Crippen LogP contribution >= 0.6 is 0 Å². The Morgan fingerprint density at radius 2 is 1.84 bits per heavy atom. The lowest BCUT2D eigenvalue weighted by Crippen LogP contribution is -2.48. The number of amides is 1. The summed E-state index contributed by atoms with van der Waals surface area (Å²) in [6.45, 7) is 3.51. The van der Waals surface area contributed by atoms with Gasteiger partial charge in [-0.15, -0.1) is 0 Å². The summed E-state index contributed by atoms with van der Waals surface area (Å²) in [5, 5.41) is 14.5. The molecule has 2 aromatic rings. The van der Waals surface area contributed by atoms with Gasteiger partial charge in [-0.2, -0.15) is 18.3 Å². The number of aromatic nitrogens is 2. The van der Waals surface area contributed by atoms with Crippen LogP contribution < -0.4 is 5.32 Å². The lowest BCUT2D eigenvalue weighted by Gasteiger charge is -2.40. The predicted octanol–water partition coefficient (Wildman–Crippen LogP) is 2.51. The van der Waals surface area contributed by atoms with Gasteiger partial charge in [-0.25, -0.2) is 4.79 Å². The highest BCUT2D eigenvalue weighted by molar-refractivity contribution is 5.84. The Morgan fingerprint density at radius 1 is 1.23 bits per heavy atom. The lowest BCUT2D eigenvalue weighted by molar-refractivity contribution is -0.192. The van der Waals surface area contributed by atoms with Crippen LogP contribution in [0, 0.1) is 5.41 Å². The average molecular weight is 438 g/mol. The van der Waals surface area contributed by atoms with E-state index in [1.807, 2.05) is 17.9 Å². The van der Waals surface area contributed by atoms with E-state index in [1.165, 1.54) is 16.7 Å². The van der Waals surface area contributed by atoms with Crippen molar-refractivity contribution in [2.75, 3.05) is 13.1 Å². The molecule has 7 nitrogen and oxygen atoms in total. The van der Waals surface area contributed by atoms with Crippen LogP contribution in [-0.2, 0) is 36.1 Å². The first-order valence-electron chi connectivity index (χ1n) is 9.94. The molecule has 31 heavy (non-hydrogen) atoms. The van der Waals surface area contributed by atoms with Crippen LogP contribution in [0.3, 0.4) is 0 Å². The molecule has 1 amide bonds. The number of fused-ring (bicyclic) bond motifs is 1. The quantitative estimate of drug-likeness (QED) is 0.753. The smallest absolute Gasteiger partial charge is 0.475 e. The first-order valence-corrected chi connectivity index (χ1v) is 9.94. The number of carbonyl (C=O) groups is 2. The number of nitrogens with zero attached hydrogens (tertiary/aromatic N) is 3. The van der Waals surface area contributed by atoms with Crippen molar-refractivity contribution in [2.24, 2.45) is 12.5 Å². The van der Waals surface area contributed by atoms with Gasteiger partial charge in [-0.1, -0.05) is 24.3 Å². The van der Waals surface area contributed by atoms with E-state index >= 15 is 0 Å². The van der Waals surface area contributed by atoms with E-state index in [2.05, 4.69) is 45.8 Å². The molecule has 0 atom stereocenters. The Balaban J connectivity index is 0.000000339. The summed E-state index contributed by atoms with van der Waals surface area (Å²) < 4.78 is 33.6. The normalized spacial score (nSPS) is 18.4. The SMILES string of the molecule is Cn1cc(CN2CCC3(CC2)Cc2ccccc2CNC3=O)cn1.O=C(O)C(F)(F)F. The zero-order valence-electron chi connectivity index (χ0n) is 17.2. The molecule has 0 radical (unpaired) electrons. The van der Waals surface area contributed by atoms with Crippen LogP contribution in [0.15, 0.2) is 36.7 Å². The second-order valence-electron chi connectivity index (χ2n) is 8.01. The fraction of sp³-hybridized carbons (Fsp3) is 0.476. The molecule has 1 saturated heterocycles. The molecule has 1 aromatic heterocycles. The summed E-state index contributed by atoms with van der Waals surface area (Å²) in [7, 11) is 1.95. The summed E-state index contributed by atoms with van der Waals surface area (Å²) in [4.78, 5) is 24.1. The summed E-state index contributed by atoms with van der Waals surface area (Å²) in [6.07, 6.45) is 1.63. The number of halogens is 3. The van der Waals surface area contributed by atoms with E-state index in [4.69, 9.17) is 9.90 Å². The van der Waals surface area contributed by atoms with Gasteiger partial charge >= 0.3 is 12.1 Å². The Labute approximate surface area is 177 Å². The molecule has 1 spiro atoms. The molecule has 0 saturated carbocycles. The standard InChI is InChI=1S/C19H24N4O.C2HF3O2/c1-22-13-15(11-21-22)14-23-8-6-19(7-9-23)10-16-4-2-3-5-17(16)12-20-18(19)24;3-2(4,5)1(6)7/h2-5,11,13H,6-10,12,14H2,1H3,(H,20,24);(H,6,7). The van der Waals surface area contributed by atoms with Gasteiger partial charge in [0.05, 0.1) is 11.6 Å². The van der Waals surface area contributed by atoms with Gasteiger partial charge in [0.1, 0.15) is 0 Å². The van der Waals surface area contributed by atoms with Crippen LogP contribution in [0.5, 0.6) is 0 Å². The van der Waals surface area contributed by atoms with Crippen molar-refractivity contribution in [3.8, 4) is 0 Å². The molecule has 0 bridgehead atoms. The maximum absolute atomic E-state index is 12.8. The number of aryl methyl sites for hydroxylation is 1. The highest BCUT2D eigenvalue weighted by atomic mass is 19.4. The number of carbonyl (C=O) groups excluding carboxylic acids is 1. The third-order valence-electron chi connectivity index (χ3n) is 5.79. The molecule has 0 unspecified atom stereocenters. The molecule has 10 heteroatoms. The van der Waals surface area contributed by atoms with E-state index in [9.17, 15) is 18.0 Å². The van der Waals surface area contributed by atoms with Crippen LogP contribution in [0.1, 0.15) is 29.5 Å². The third-order valence-corrected chi connectivity index (χ3v) is 5.79. The number of piperidine rings is 1. The first kappa shape index (κ1) is 22.8. The maximum Gasteiger partial charge on any atom is 0.490 e. The summed E-state index contributed by atoms with van der Waals surface area (Å²) in [5.74, 6) is -2.52.